The van der Waals surface area contributed by atoms with Crippen molar-refractivity contribution in [2.75, 3.05) is 63.1 Å². The number of hydrogen-bond acceptors (Lipinski definition) is 12. The van der Waals surface area contributed by atoms with E-state index < -0.39 is 11.9 Å². The monoisotopic (exact) mass is 799 g/mol. The van der Waals surface area contributed by atoms with Crippen LogP contribution in [0.3, 0.4) is 0 Å². The summed E-state index contributed by atoms with van der Waals surface area (Å²) in [6, 6.07) is 21.5. The highest BCUT2D eigenvalue weighted by Gasteiger charge is 2.39. The Labute approximate surface area is 343 Å². The third-order valence-electron chi connectivity index (χ3n) is 11.0. The molecular formula is C43H49N11O5. The minimum atomic E-state index is -0.615. The summed E-state index contributed by atoms with van der Waals surface area (Å²) in [4.78, 5) is 66.0. The average molecular weight is 800 g/mol. The number of aromatic nitrogens is 2. The normalized spacial score (nSPS) is 17.2. The fourth-order valence-corrected chi connectivity index (χ4v) is 7.49. The first-order valence-electron chi connectivity index (χ1n) is 19.8. The highest BCUT2D eigenvalue weighted by Crippen LogP contribution is 2.31. The second kappa shape index (κ2) is 18.3. The van der Waals surface area contributed by atoms with Crippen LogP contribution in [0.2, 0.25) is 0 Å². The zero-order chi connectivity index (χ0) is 41.5. The van der Waals surface area contributed by atoms with Crippen LogP contribution in [0.1, 0.15) is 69.8 Å². The number of benzene rings is 3. The van der Waals surface area contributed by atoms with Gasteiger partial charge in [-0.25, -0.2) is 9.97 Å². The first-order chi connectivity index (χ1) is 28.5. The number of piperidine rings is 1. The standard InChI is InChI=1S/C43H49N11O5/c1-28(49-41(56)30-5-3-6-32(23-30)47-25-38(44)51(2)40(45)36-15-16-46-27-48-36)29-7-10-34(11-8-29)59-22-4-17-52-18-20-53(21-19-52)33-9-12-35-31(24-33)26-54(43(35)58)37-13-14-39(55)50-42(37)57/h3,5-12,15-16,23-24,27-28,37,44-45,47H,4,13-14,17-22,25-26H2,1-2H3,(H,49,56)(H,50,55,57)/t28-,37?/m0/s1. The molecule has 4 amide bonds. The van der Waals surface area contributed by atoms with Gasteiger partial charge in [-0.05, 0) is 85.5 Å². The number of nitrogens with one attached hydrogen (secondary N) is 5. The summed E-state index contributed by atoms with van der Waals surface area (Å²) in [6.07, 6.45) is 4.39. The molecule has 3 aliphatic heterocycles. The van der Waals surface area contributed by atoms with E-state index in [9.17, 15) is 19.2 Å². The van der Waals surface area contributed by atoms with Crippen molar-refractivity contribution in [3.63, 3.8) is 0 Å². The van der Waals surface area contributed by atoms with Crippen LogP contribution in [-0.2, 0) is 16.1 Å². The molecule has 7 rings (SSSR count). The highest BCUT2D eigenvalue weighted by molar-refractivity contribution is 6.07. The maximum atomic E-state index is 13.2. The topological polar surface area (TPSA) is 200 Å². The summed E-state index contributed by atoms with van der Waals surface area (Å²) in [5, 5.41) is 25.3. The van der Waals surface area contributed by atoms with Crippen molar-refractivity contribution < 1.29 is 23.9 Å². The Bertz CT molecular complexity index is 2210. The van der Waals surface area contributed by atoms with Crippen LogP contribution in [0, 0.1) is 10.8 Å². The van der Waals surface area contributed by atoms with Gasteiger partial charge in [-0.1, -0.05) is 18.2 Å². The Morgan fingerprint density at radius 1 is 1.02 bits per heavy atom. The van der Waals surface area contributed by atoms with Gasteiger partial charge in [0.05, 0.1) is 19.2 Å². The maximum Gasteiger partial charge on any atom is 0.255 e. The number of amides is 4. The van der Waals surface area contributed by atoms with Crippen LogP contribution in [0.4, 0.5) is 11.4 Å². The van der Waals surface area contributed by atoms with Gasteiger partial charge >= 0.3 is 0 Å². The first kappa shape index (κ1) is 40.5. The molecule has 16 nitrogen and oxygen atoms in total. The van der Waals surface area contributed by atoms with Crippen molar-refractivity contribution in [3.8, 4) is 5.75 Å². The fourth-order valence-electron chi connectivity index (χ4n) is 7.49. The SMILES string of the molecule is C[C@H](NC(=O)c1cccc(NCC(=N)N(C)C(=N)c2ccncn2)c1)c1ccc(OCCCN2CCN(c3ccc4c(c3)CN(C3CCC(=O)NC3=O)C4=O)CC2)cc1. The van der Waals surface area contributed by atoms with Gasteiger partial charge in [-0.15, -0.1) is 0 Å². The molecular weight excluding hydrogens is 751 g/mol. The van der Waals surface area contributed by atoms with E-state index in [1.165, 1.54) is 11.2 Å². The summed E-state index contributed by atoms with van der Waals surface area (Å²) < 4.78 is 6.05. The summed E-state index contributed by atoms with van der Waals surface area (Å²) in [5.74, 6) is -0.0462. The molecule has 2 saturated heterocycles. The number of piperazine rings is 1. The number of imide groups is 1. The predicted octanol–water partition coefficient (Wildman–Crippen LogP) is 3.67. The van der Waals surface area contributed by atoms with Gasteiger partial charge in [0.2, 0.25) is 11.8 Å². The molecule has 5 N–H and O–H groups in total. The minimum Gasteiger partial charge on any atom is -0.494 e. The number of fused-ring (bicyclic) bond motifs is 1. The first-order valence-corrected chi connectivity index (χ1v) is 19.8. The smallest absolute Gasteiger partial charge is 0.255 e. The molecule has 1 unspecified atom stereocenters. The molecule has 3 aliphatic rings. The number of nitrogens with zero attached hydrogens (tertiary/aromatic N) is 6. The number of carbonyl (C=O) groups is 4. The molecule has 4 aromatic rings. The van der Waals surface area contributed by atoms with Gasteiger partial charge in [0.15, 0.2) is 5.84 Å². The van der Waals surface area contributed by atoms with Crippen LogP contribution in [-0.4, -0.2) is 119 Å². The van der Waals surface area contributed by atoms with Gasteiger partial charge in [-0.3, -0.25) is 40.2 Å². The molecule has 16 heteroatoms. The van der Waals surface area contributed by atoms with Crippen molar-refractivity contribution >= 4 is 46.7 Å². The summed E-state index contributed by atoms with van der Waals surface area (Å²) >= 11 is 0. The lowest BCUT2D eigenvalue weighted by molar-refractivity contribution is -0.136. The molecule has 0 aliphatic carbocycles. The molecule has 59 heavy (non-hydrogen) atoms. The highest BCUT2D eigenvalue weighted by atomic mass is 16.5. The number of amidine groups is 2. The van der Waals surface area contributed by atoms with Crippen molar-refractivity contribution in [2.24, 2.45) is 0 Å². The number of ether oxygens (including phenoxy) is 1. The third-order valence-corrected chi connectivity index (χ3v) is 11.0. The lowest BCUT2D eigenvalue weighted by atomic mass is 10.0. The fraction of sp³-hybridized carbons (Fsp3) is 0.349. The molecule has 0 spiro atoms. The third kappa shape index (κ3) is 9.72. The molecule has 0 saturated carbocycles. The van der Waals surface area contributed by atoms with Crippen LogP contribution >= 0.6 is 0 Å². The molecule has 4 heterocycles. The minimum absolute atomic E-state index is 0.0857. The summed E-state index contributed by atoms with van der Waals surface area (Å²) in [7, 11) is 1.64. The number of hydrogen-bond donors (Lipinski definition) is 5. The zero-order valence-electron chi connectivity index (χ0n) is 33.2. The quantitative estimate of drug-likeness (QED) is 0.0540. The van der Waals surface area contributed by atoms with E-state index in [1.807, 2.05) is 49.4 Å². The van der Waals surface area contributed by atoms with E-state index in [-0.39, 0.29) is 48.4 Å². The predicted molar refractivity (Wildman–Crippen MR) is 223 cm³/mol. The van der Waals surface area contributed by atoms with Crippen molar-refractivity contribution in [2.45, 2.75) is 44.8 Å². The molecule has 0 bridgehead atoms. The zero-order valence-corrected chi connectivity index (χ0v) is 33.2. The Balaban J connectivity index is 0.802. The van der Waals surface area contributed by atoms with E-state index in [2.05, 4.69) is 41.8 Å². The van der Waals surface area contributed by atoms with Crippen LogP contribution in [0.15, 0.2) is 85.3 Å². The van der Waals surface area contributed by atoms with Crippen molar-refractivity contribution in [3.05, 3.63) is 113 Å². The Hall–Kier alpha value is -6.68. The van der Waals surface area contributed by atoms with Gasteiger partial charge in [0.25, 0.3) is 11.8 Å². The Kier molecular flexibility index (Phi) is 12.6. The van der Waals surface area contributed by atoms with E-state index >= 15 is 0 Å². The van der Waals surface area contributed by atoms with Gasteiger partial charge in [0.1, 0.15) is 29.6 Å². The van der Waals surface area contributed by atoms with Crippen LogP contribution < -0.4 is 25.6 Å². The Morgan fingerprint density at radius 2 is 1.81 bits per heavy atom. The number of carbonyl (C=O) groups excluding carboxylic acids is 4. The molecule has 2 atom stereocenters. The van der Waals surface area contributed by atoms with Crippen molar-refractivity contribution in [1.29, 1.82) is 10.8 Å². The largest absolute Gasteiger partial charge is 0.494 e. The second-order valence-corrected chi connectivity index (χ2v) is 14.9. The van der Waals surface area contributed by atoms with E-state index in [4.69, 9.17) is 15.6 Å². The molecule has 2 fully saturated rings. The maximum absolute atomic E-state index is 13.2. The van der Waals surface area contributed by atoms with Gasteiger partial charge < -0.3 is 30.1 Å². The van der Waals surface area contributed by atoms with Gasteiger partial charge in [-0.2, -0.15) is 0 Å². The van der Waals surface area contributed by atoms with E-state index in [1.54, 1.807) is 42.4 Å². The second-order valence-electron chi connectivity index (χ2n) is 14.9. The average Bonchev–Trinajstić information content (AvgIpc) is 3.59. The summed E-state index contributed by atoms with van der Waals surface area (Å²) in [6.45, 7) is 7.52. The molecule has 3 aromatic carbocycles. The molecule has 306 valence electrons. The lowest BCUT2D eigenvalue weighted by Gasteiger charge is -2.36. The Morgan fingerprint density at radius 3 is 2.56 bits per heavy atom. The lowest BCUT2D eigenvalue weighted by Crippen LogP contribution is -2.52. The van der Waals surface area contributed by atoms with Crippen LogP contribution in [0.25, 0.3) is 0 Å². The van der Waals surface area contributed by atoms with Crippen LogP contribution in [0.5, 0.6) is 5.75 Å². The van der Waals surface area contributed by atoms with Gasteiger partial charge in [0, 0.05) is 81.4 Å². The van der Waals surface area contributed by atoms with Crippen molar-refractivity contribution in [1.82, 2.24) is 35.3 Å². The van der Waals surface area contributed by atoms with E-state index in [0.717, 1.165) is 61.7 Å². The molecule has 1 aromatic heterocycles. The number of rotatable bonds is 14. The number of likely N-dealkylation sites (N-methyl/N-ethyl adjacent to an activating group) is 1. The van der Waals surface area contributed by atoms with E-state index in [0.29, 0.717) is 42.1 Å². The molecule has 0 radical (unpaired) electrons. The summed E-state index contributed by atoms with van der Waals surface area (Å²) in [5.41, 5.74) is 5.14. The number of anilines is 2.